The van der Waals surface area contributed by atoms with Gasteiger partial charge >= 0.3 is 0 Å². The average molecular weight is 409 g/mol. The molecule has 29 heavy (non-hydrogen) atoms. The molecule has 0 aliphatic carbocycles. The van der Waals surface area contributed by atoms with Gasteiger partial charge in [-0.25, -0.2) is 8.42 Å². The fourth-order valence-electron chi connectivity index (χ4n) is 3.30. The summed E-state index contributed by atoms with van der Waals surface area (Å²) < 4.78 is 25.7. The normalized spacial score (nSPS) is 12.2. The summed E-state index contributed by atoms with van der Waals surface area (Å²) in [5, 5.41) is 3.12. The smallest absolute Gasteiger partial charge is 0.252 e. The lowest BCUT2D eigenvalue weighted by molar-refractivity contribution is 0.0942. The van der Waals surface area contributed by atoms with E-state index in [1.165, 1.54) is 0 Å². The molecule has 0 bridgehead atoms. The molecule has 0 saturated heterocycles. The first-order chi connectivity index (χ1) is 13.8. The first kappa shape index (κ1) is 20.6. The van der Waals surface area contributed by atoms with Crippen molar-refractivity contribution < 1.29 is 13.2 Å². The summed E-state index contributed by atoms with van der Waals surface area (Å²) in [5.74, 6) is -0.267. The van der Waals surface area contributed by atoms with E-state index >= 15 is 0 Å². The van der Waals surface area contributed by atoms with Gasteiger partial charge in [-0.3, -0.25) is 9.52 Å². The van der Waals surface area contributed by atoms with E-state index in [4.69, 9.17) is 0 Å². The maximum Gasteiger partial charge on any atom is 0.252 e. The quantitative estimate of drug-likeness (QED) is 0.642. The molecule has 3 rings (SSSR count). The molecular formula is C23H24N2O3S. The minimum atomic E-state index is -3.44. The van der Waals surface area contributed by atoms with E-state index in [9.17, 15) is 13.2 Å². The van der Waals surface area contributed by atoms with Crippen LogP contribution < -0.4 is 10.0 Å². The molecule has 1 amide bonds. The van der Waals surface area contributed by atoms with Gasteiger partial charge in [-0.2, -0.15) is 0 Å². The Morgan fingerprint density at radius 1 is 0.862 bits per heavy atom. The lowest BCUT2D eigenvalue weighted by Crippen LogP contribution is -2.30. The molecule has 0 aliphatic rings. The van der Waals surface area contributed by atoms with E-state index < -0.39 is 10.0 Å². The second-order valence-electron chi connectivity index (χ2n) is 7.03. The van der Waals surface area contributed by atoms with Crippen LogP contribution in [0.5, 0.6) is 0 Å². The van der Waals surface area contributed by atoms with Crippen LogP contribution in [0.3, 0.4) is 0 Å². The molecule has 0 saturated carbocycles. The predicted molar refractivity (Wildman–Crippen MR) is 117 cm³/mol. The summed E-state index contributed by atoms with van der Waals surface area (Å²) in [5.41, 5.74) is 4.45. The zero-order chi connectivity index (χ0) is 21.0. The van der Waals surface area contributed by atoms with Gasteiger partial charge in [0.1, 0.15) is 0 Å². The summed E-state index contributed by atoms with van der Waals surface area (Å²) in [4.78, 5) is 13.2. The fourth-order valence-corrected chi connectivity index (χ4v) is 3.92. The Morgan fingerprint density at radius 3 is 2.17 bits per heavy atom. The van der Waals surface area contributed by atoms with Gasteiger partial charge in [0.05, 0.1) is 18.0 Å². The number of sulfonamides is 1. The first-order valence-corrected chi connectivity index (χ1v) is 11.1. The minimum Gasteiger partial charge on any atom is -0.341 e. The van der Waals surface area contributed by atoms with Crippen molar-refractivity contribution in [3.8, 4) is 0 Å². The van der Waals surface area contributed by atoms with Crippen LogP contribution in [0.1, 0.15) is 38.7 Å². The van der Waals surface area contributed by atoms with Crippen molar-refractivity contribution in [3.63, 3.8) is 0 Å². The summed E-state index contributed by atoms with van der Waals surface area (Å²) in [6, 6.07) is 22.4. The van der Waals surface area contributed by atoms with Crippen LogP contribution in [0, 0.1) is 13.8 Å². The highest BCUT2D eigenvalue weighted by Crippen LogP contribution is 2.26. The molecule has 150 valence electrons. The highest BCUT2D eigenvalue weighted by atomic mass is 32.2. The highest BCUT2D eigenvalue weighted by Gasteiger charge is 2.21. The van der Waals surface area contributed by atoms with Crippen LogP contribution in [0.25, 0.3) is 0 Å². The average Bonchev–Trinajstić information content (AvgIpc) is 2.68. The van der Waals surface area contributed by atoms with Crippen molar-refractivity contribution in [2.45, 2.75) is 19.9 Å². The van der Waals surface area contributed by atoms with Crippen molar-refractivity contribution >= 4 is 21.6 Å². The van der Waals surface area contributed by atoms with E-state index in [0.717, 1.165) is 22.9 Å². The number of amides is 1. The van der Waals surface area contributed by atoms with Gasteiger partial charge in [0.2, 0.25) is 10.0 Å². The third kappa shape index (κ3) is 5.03. The Balaban J connectivity index is 1.98. The van der Waals surface area contributed by atoms with Gasteiger partial charge < -0.3 is 5.32 Å². The second-order valence-corrected chi connectivity index (χ2v) is 8.77. The fraction of sp³-hybridized carbons (Fsp3) is 0.174. The number of benzene rings is 3. The third-order valence-corrected chi connectivity index (χ3v) is 5.37. The molecule has 1 atom stereocenters. The molecule has 5 nitrogen and oxygen atoms in total. The Morgan fingerprint density at radius 2 is 1.52 bits per heavy atom. The van der Waals surface area contributed by atoms with E-state index in [-0.39, 0.29) is 11.9 Å². The SMILES string of the molecule is Cc1ccccc1C(NC(=O)c1cccc(NS(C)(=O)=O)c1C)c1ccccc1. The number of carbonyl (C=O) groups excluding carboxylic acids is 1. The topological polar surface area (TPSA) is 75.3 Å². The maximum atomic E-state index is 13.2. The number of hydrogen-bond acceptors (Lipinski definition) is 3. The van der Waals surface area contributed by atoms with Crippen molar-refractivity contribution in [3.05, 3.63) is 101 Å². The van der Waals surface area contributed by atoms with E-state index in [2.05, 4.69) is 10.0 Å². The van der Waals surface area contributed by atoms with E-state index in [1.54, 1.807) is 25.1 Å². The van der Waals surface area contributed by atoms with Gasteiger partial charge in [-0.15, -0.1) is 0 Å². The van der Waals surface area contributed by atoms with Crippen LogP contribution >= 0.6 is 0 Å². The predicted octanol–water partition coefficient (Wildman–Crippen LogP) is 4.19. The monoisotopic (exact) mass is 408 g/mol. The molecule has 0 fully saturated rings. The van der Waals surface area contributed by atoms with Gasteiger partial charge in [0, 0.05) is 5.56 Å². The van der Waals surface area contributed by atoms with Crippen molar-refractivity contribution in [2.75, 3.05) is 11.0 Å². The zero-order valence-electron chi connectivity index (χ0n) is 16.6. The number of aryl methyl sites for hydroxylation is 1. The number of anilines is 1. The van der Waals surface area contributed by atoms with E-state index in [0.29, 0.717) is 16.8 Å². The standard InChI is InChI=1S/C23H24N2O3S/c1-16-10-7-8-13-19(16)22(18-11-5-4-6-12-18)24-23(26)20-14-9-15-21(17(20)2)25-29(3,27)28/h4-15,22,25H,1-3H3,(H,24,26). The maximum absolute atomic E-state index is 13.2. The molecule has 0 aromatic heterocycles. The number of hydrogen-bond donors (Lipinski definition) is 2. The summed E-state index contributed by atoms with van der Waals surface area (Å²) in [6.07, 6.45) is 1.09. The second kappa shape index (κ2) is 8.49. The van der Waals surface area contributed by atoms with Crippen LogP contribution in [-0.4, -0.2) is 20.6 Å². The highest BCUT2D eigenvalue weighted by molar-refractivity contribution is 7.92. The van der Waals surface area contributed by atoms with Crippen molar-refractivity contribution in [2.24, 2.45) is 0 Å². The molecule has 0 heterocycles. The number of nitrogens with one attached hydrogen (secondary N) is 2. The lowest BCUT2D eigenvalue weighted by atomic mass is 9.94. The third-order valence-electron chi connectivity index (χ3n) is 4.78. The first-order valence-electron chi connectivity index (χ1n) is 9.25. The Kier molecular flexibility index (Phi) is 6.03. The van der Waals surface area contributed by atoms with Gasteiger partial charge in [-0.1, -0.05) is 60.7 Å². The largest absolute Gasteiger partial charge is 0.341 e. The molecule has 0 aliphatic heterocycles. The van der Waals surface area contributed by atoms with Crippen LogP contribution in [0.15, 0.2) is 72.8 Å². The zero-order valence-corrected chi connectivity index (χ0v) is 17.5. The molecule has 0 spiro atoms. The van der Waals surface area contributed by atoms with Crippen molar-refractivity contribution in [1.82, 2.24) is 5.32 Å². The summed E-state index contributed by atoms with van der Waals surface area (Å²) in [7, 11) is -3.44. The Bertz CT molecular complexity index is 1130. The molecule has 3 aromatic rings. The van der Waals surface area contributed by atoms with Crippen LogP contribution in [-0.2, 0) is 10.0 Å². The van der Waals surface area contributed by atoms with Gasteiger partial charge in [0.15, 0.2) is 0 Å². The number of rotatable bonds is 6. The molecule has 1 unspecified atom stereocenters. The van der Waals surface area contributed by atoms with Gasteiger partial charge in [0.25, 0.3) is 5.91 Å². The molecule has 2 N–H and O–H groups in total. The Labute approximate surface area is 171 Å². The van der Waals surface area contributed by atoms with Crippen molar-refractivity contribution in [1.29, 1.82) is 0 Å². The van der Waals surface area contributed by atoms with Crippen LogP contribution in [0.4, 0.5) is 5.69 Å². The van der Waals surface area contributed by atoms with Gasteiger partial charge in [-0.05, 0) is 48.2 Å². The van der Waals surface area contributed by atoms with Crippen LogP contribution in [0.2, 0.25) is 0 Å². The summed E-state index contributed by atoms with van der Waals surface area (Å²) in [6.45, 7) is 3.74. The lowest BCUT2D eigenvalue weighted by Gasteiger charge is -2.22. The summed E-state index contributed by atoms with van der Waals surface area (Å²) >= 11 is 0. The number of carbonyl (C=O) groups is 1. The molecule has 6 heteroatoms. The Hall–Kier alpha value is -3.12. The molecule has 3 aromatic carbocycles. The minimum absolute atomic E-state index is 0.267. The molecular weight excluding hydrogens is 384 g/mol. The van der Waals surface area contributed by atoms with E-state index in [1.807, 2.05) is 61.5 Å². The molecule has 0 radical (unpaired) electrons.